The summed E-state index contributed by atoms with van der Waals surface area (Å²) in [6.07, 6.45) is 3.58. The molecule has 6 heterocycles. The van der Waals surface area contributed by atoms with Crippen LogP contribution in [0.1, 0.15) is 51.1 Å². The smallest absolute Gasteiger partial charge is 0.288 e. The number of carbonyl (C=O) groups excluding carboxylic acids is 2. The summed E-state index contributed by atoms with van der Waals surface area (Å²) in [4.78, 5) is 30.7. The van der Waals surface area contributed by atoms with Crippen molar-refractivity contribution < 1.29 is 73.4 Å². The van der Waals surface area contributed by atoms with Crippen LogP contribution in [0.15, 0.2) is 73.1 Å². The molecule has 0 saturated heterocycles. The number of carbonyl (C=O) groups is 2. The highest BCUT2D eigenvalue weighted by Gasteiger charge is 2.47. The first-order valence-electron chi connectivity index (χ1n) is 20.2. The topological polar surface area (TPSA) is 247 Å². The van der Waals surface area contributed by atoms with Crippen molar-refractivity contribution in [2.45, 2.75) is 42.1 Å². The van der Waals surface area contributed by atoms with Gasteiger partial charge in [0, 0.05) is 31.0 Å². The standard InChI is InChI=1S/C43H40N4O16S2/c1-56-34-14-26-28(44-40(64(50,51)52)30-10-24(18-46(30)42(26)48)22-4-6-32-36(12-22)62-20-60-32)16-38(34)58-8-3-9-59-39-17-29-27(15-35(39)57-2)43(49)47-19-25(11-31(47)41(45-29)65(53,54)55)23-5-7-33-37(13-23)63-21-61-33/h4-7,12-19,30-31,40-41,44-45H,3,8-11,20-21H2,1-2H3,(H,50,51,52)(H,53,54,55)/t30-,31-,40?,41?/m0/s1. The minimum absolute atomic E-state index is 0.0324. The monoisotopic (exact) mass is 932 g/mol. The van der Waals surface area contributed by atoms with Crippen LogP contribution in [0, 0.1) is 0 Å². The average molecular weight is 933 g/mol. The van der Waals surface area contributed by atoms with Crippen LogP contribution in [0.3, 0.4) is 0 Å². The maximum Gasteiger partial charge on any atom is 0.288 e. The van der Waals surface area contributed by atoms with E-state index in [9.17, 15) is 35.5 Å². The molecule has 0 fully saturated rings. The van der Waals surface area contributed by atoms with Crippen molar-refractivity contribution in [3.63, 3.8) is 0 Å². The third-order valence-corrected chi connectivity index (χ3v) is 14.1. The number of nitrogens with zero attached hydrogens (tertiary/aromatic N) is 2. The third-order valence-electron chi connectivity index (χ3n) is 11.9. The number of anilines is 2. The first-order chi connectivity index (χ1) is 31.2. The van der Waals surface area contributed by atoms with E-state index in [1.54, 1.807) is 48.8 Å². The van der Waals surface area contributed by atoms with Crippen LogP contribution in [0.25, 0.3) is 11.1 Å². The lowest BCUT2D eigenvalue weighted by molar-refractivity contribution is 0.0782. The normalized spacial score (nSPS) is 21.4. The molecule has 4 aromatic rings. The van der Waals surface area contributed by atoms with Crippen molar-refractivity contribution in [2.24, 2.45) is 0 Å². The van der Waals surface area contributed by atoms with Gasteiger partial charge in [-0.1, -0.05) is 12.1 Å². The SMILES string of the molecule is COc1cc2c(cc1OCCCOc1cc3c(cc1OC)C(=O)N1C=C(c4ccc5c(c4)OCO5)C[C@H]1C(S(=O)(=O)O)N3)NC(S(=O)(=O)O)[C@@H]1CC(c3ccc4c(c3)OCO4)=CN1C2=O. The molecular weight excluding hydrogens is 893 g/mol. The first-order valence-corrected chi connectivity index (χ1v) is 23.2. The maximum atomic E-state index is 14.1. The van der Waals surface area contributed by atoms with Crippen LogP contribution >= 0.6 is 0 Å². The van der Waals surface area contributed by atoms with E-state index in [1.807, 2.05) is 0 Å². The molecule has 340 valence electrons. The lowest BCUT2D eigenvalue weighted by Gasteiger charge is -2.26. The van der Waals surface area contributed by atoms with Crippen molar-refractivity contribution >= 4 is 54.6 Å². The number of methoxy groups -OCH3 is 2. The highest BCUT2D eigenvalue weighted by Crippen LogP contribution is 2.46. The van der Waals surface area contributed by atoms with Crippen LogP contribution in [-0.4, -0.2) is 111 Å². The largest absolute Gasteiger partial charge is 0.493 e. The molecule has 0 aliphatic carbocycles. The molecule has 4 N–H and O–H groups in total. The Morgan fingerprint density at radius 2 is 1.02 bits per heavy atom. The number of fused-ring (bicyclic) bond motifs is 6. The molecule has 2 amide bonds. The van der Waals surface area contributed by atoms with Crippen LogP contribution < -0.4 is 48.5 Å². The molecule has 0 radical (unpaired) electrons. The summed E-state index contributed by atoms with van der Waals surface area (Å²) in [7, 11) is -6.76. The van der Waals surface area contributed by atoms with Gasteiger partial charge in [-0.2, -0.15) is 16.8 Å². The Kier molecular flexibility index (Phi) is 10.3. The van der Waals surface area contributed by atoms with Crippen molar-refractivity contribution in [1.29, 1.82) is 0 Å². The number of hydrogen-bond donors (Lipinski definition) is 4. The minimum Gasteiger partial charge on any atom is -0.493 e. The Morgan fingerprint density at radius 1 is 0.600 bits per heavy atom. The molecule has 20 nitrogen and oxygen atoms in total. The molecule has 2 unspecified atom stereocenters. The van der Waals surface area contributed by atoms with Gasteiger partial charge in [0.2, 0.25) is 13.6 Å². The Bertz CT molecular complexity index is 2760. The summed E-state index contributed by atoms with van der Waals surface area (Å²) in [5.74, 6) is 1.78. The zero-order chi connectivity index (χ0) is 45.4. The van der Waals surface area contributed by atoms with Crippen molar-refractivity contribution in [3.05, 3.63) is 95.3 Å². The Labute approximate surface area is 371 Å². The molecule has 10 rings (SSSR count). The molecule has 0 aromatic heterocycles. The number of amides is 2. The highest BCUT2D eigenvalue weighted by atomic mass is 32.2. The second-order valence-corrected chi connectivity index (χ2v) is 18.8. The molecule has 6 aliphatic rings. The van der Waals surface area contributed by atoms with E-state index < -0.39 is 54.9 Å². The fourth-order valence-corrected chi connectivity index (χ4v) is 10.6. The van der Waals surface area contributed by atoms with Gasteiger partial charge in [0.1, 0.15) is 0 Å². The zero-order valence-electron chi connectivity index (χ0n) is 34.5. The minimum atomic E-state index is -4.77. The summed E-state index contributed by atoms with van der Waals surface area (Å²) in [6, 6.07) is 14.2. The Morgan fingerprint density at radius 3 is 1.42 bits per heavy atom. The van der Waals surface area contributed by atoms with E-state index in [0.29, 0.717) is 45.3 Å². The van der Waals surface area contributed by atoms with Crippen LogP contribution in [-0.2, 0) is 20.2 Å². The fourth-order valence-electron chi connectivity index (χ4n) is 8.79. The van der Waals surface area contributed by atoms with E-state index >= 15 is 0 Å². The van der Waals surface area contributed by atoms with E-state index in [4.69, 9.17) is 37.9 Å². The number of hydrogen-bond acceptors (Lipinski definition) is 16. The Balaban J connectivity index is 0.845. The van der Waals surface area contributed by atoms with Gasteiger partial charge >= 0.3 is 0 Å². The second-order valence-electron chi connectivity index (χ2n) is 15.7. The molecule has 4 aromatic carbocycles. The zero-order valence-corrected chi connectivity index (χ0v) is 36.1. The summed E-state index contributed by atoms with van der Waals surface area (Å²) in [5.41, 5.74) is 3.04. The molecule has 65 heavy (non-hydrogen) atoms. The van der Waals surface area contributed by atoms with Gasteiger partial charge in [-0.15, -0.1) is 0 Å². The molecule has 4 atom stereocenters. The van der Waals surface area contributed by atoms with Gasteiger partial charge in [-0.05, 0) is 71.5 Å². The quantitative estimate of drug-likeness (QED) is 0.110. The molecule has 0 saturated carbocycles. The summed E-state index contributed by atoms with van der Waals surface area (Å²) >= 11 is 0. The van der Waals surface area contributed by atoms with Gasteiger partial charge in [0.15, 0.2) is 56.7 Å². The first kappa shape index (κ1) is 42.1. The summed E-state index contributed by atoms with van der Waals surface area (Å²) in [5, 5.41) is 2.52. The van der Waals surface area contributed by atoms with Crippen molar-refractivity contribution in [1.82, 2.24) is 9.80 Å². The van der Waals surface area contributed by atoms with Crippen LogP contribution in [0.5, 0.6) is 46.0 Å². The molecule has 0 bridgehead atoms. The highest BCUT2D eigenvalue weighted by molar-refractivity contribution is 7.86. The lowest BCUT2D eigenvalue weighted by atomic mass is 10.0. The van der Waals surface area contributed by atoms with E-state index in [-0.39, 0.29) is 91.6 Å². The predicted octanol–water partition coefficient (Wildman–Crippen LogP) is 4.80. The number of benzene rings is 4. The van der Waals surface area contributed by atoms with Gasteiger partial charge < -0.3 is 58.3 Å². The van der Waals surface area contributed by atoms with Gasteiger partial charge in [0.05, 0.1) is 62.0 Å². The van der Waals surface area contributed by atoms with Gasteiger partial charge in [0.25, 0.3) is 32.1 Å². The number of nitrogens with one attached hydrogen (secondary N) is 2. The summed E-state index contributed by atoms with van der Waals surface area (Å²) < 4.78 is 117. The predicted molar refractivity (Wildman–Crippen MR) is 230 cm³/mol. The molecule has 0 spiro atoms. The molecule has 22 heteroatoms. The molecule has 6 aliphatic heterocycles. The van der Waals surface area contributed by atoms with Crippen molar-refractivity contribution in [2.75, 3.05) is 51.7 Å². The van der Waals surface area contributed by atoms with Crippen LogP contribution in [0.4, 0.5) is 11.4 Å². The number of ether oxygens (including phenoxy) is 8. The van der Waals surface area contributed by atoms with Gasteiger partial charge in [-0.3, -0.25) is 18.7 Å². The average Bonchev–Trinajstić information content (AvgIpc) is 4.10. The Hall–Kier alpha value is -6.88. The van der Waals surface area contributed by atoms with E-state index in [0.717, 1.165) is 0 Å². The summed E-state index contributed by atoms with van der Waals surface area (Å²) in [6.45, 7) is 0.204. The third kappa shape index (κ3) is 7.60. The maximum absolute atomic E-state index is 14.1. The van der Waals surface area contributed by atoms with E-state index in [2.05, 4.69) is 10.6 Å². The second kappa shape index (κ2) is 16.0. The molecular formula is C43H40N4O16S2. The van der Waals surface area contributed by atoms with Gasteiger partial charge in [-0.25, -0.2) is 0 Å². The van der Waals surface area contributed by atoms with Crippen molar-refractivity contribution in [3.8, 4) is 46.0 Å². The fraction of sp³-hybridized carbons (Fsp3) is 0.302. The van der Waals surface area contributed by atoms with Crippen LogP contribution in [0.2, 0.25) is 0 Å². The lowest BCUT2D eigenvalue weighted by Crippen LogP contribution is -2.46. The van der Waals surface area contributed by atoms with E-state index in [1.165, 1.54) is 48.3 Å². The number of rotatable bonds is 12.